The Kier molecular flexibility index (Phi) is 2.75. The molecule has 0 unspecified atom stereocenters. The molecule has 0 amide bonds. The van der Waals surface area contributed by atoms with E-state index < -0.39 is 0 Å². The van der Waals surface area contributed by atoms with E-state index >= 15 is 0 Å². The van der Waals surface area contributed by atoms with Crippen molar-refractivity contribution in [3.05, 3.63) is 48.5 Å². The second-order valence-corrected chi connectivity index (χ2v) is 5.01. The van der Waals surface area contributed by atoms with Crippen molar-refractivity contribution in [2.75, 3.05) is 5.73 Å². The van der Waals surface area contributed by atoms with Crippen LogP contribution in [0.3, 0.4) is 0 Å². The average Bonchev–Trinajstić information content (AvgIpc) is 2.78. The maximum atomic E-state index is 5.75. The molecule has 0 spiro atoms. The highest BCUT2D eigenvalue weighted by molar-refractivity contribution is 5.81. The number of hydrogen-bond acceptors (Lipinski definition) is 2. The van der Waals surface area contributed by atoms with Gasteiger partial charge in [0.05, 0.1) is 11.0 Å². The number of nitrogens with zero attached hydrogens (tertiary/aromatic N) is 2. The molecule has 3 rings (SSSR count). The fourth-order valence-corrected chi connectivity index (χ4v) is 2.40. The predicted octanol–water partition coefficient (Wildman–Crippen LogP) is 3.87. The largest absolute Gasteiger partial charge is 0.399 e. The van der Waals surface area contributed by atoms with Crippen LogP contribution in [0.4, 0.5) is 5.69 Å². The van der Waals surface area contributed by atoms with Crippen LogP contribution < -0.4 is 5.73 Å². The van der Waals surface area contributed by atoms with Crippen LogP contribution in [0, 0.1) is 0 Å². The van der Waals surface area contributed by atoms with E-state index in [2.05, 4.69) is 36.6 Å². The van der Waals surface area contributed by atoms with E-state index in [1.165, 1.54) is 5.52 Å². The number of nitrogen functional groups attached to an aromatic ring is 1. The maximum Gasteiger partial charge on any atom is 0.141 e. The van der Waals surface area contributed by atoms with Gasteiger partial charge in [0.15, 0.2) is 0 Å². The minimum absolute atomic E-state index is 0.361. The Bertz CT molecular complexity index is 708. The molecule has 3 aromatic rings. The summed E-state index contributed by atoms with van der Waals surface area (Å²) in [7, 11) is 0. The second kappa shape index (κ2) is 4.43. The van der Waals surface area contributed by atoms with Crippen LogP contribution in [-0.4, -0.2) is 9.55 Å². The summed E-state index contributed by atoms with van der Waals surface area (Å²) >= 11 is 0. The van der Waals surface area contributed by atoms with Crippen LogP contribution in [0.2, 0.25) is 0 Å². The smallest absolute Gasteiger partial charge is 0.141 e. The lowest BCUT2D eigenvalue weighted by Crippen LogP contribution is -2.03. The number of imidazole rings is 1. The van der Waals surface area contributed by atoms with Gasteiger partial charge in [0.2, 0.25) is 0 Å². The van der Waals surface area contributed by atoms with Crippen molar-refractivity contribution in [2.24, 2.45) is 0 Å². The Morgan fingerprint density at radius 2 is 1.68 bits per heavy atom. The fraction of sp³-hybridized carbons (Fsp3) is 0.188. The Balaban J connectivity index is 2.28. The molecule has 2 N–H and O–H groups in total. The molecule has 0 saturated carbocycles. The number of benzene rings is 2. The molecule has 1 aromatic heterocycles. The lowest BCUT2D eigenvalue weighted by Gasteiger charge is -2.13. The van der Waals surface area contributed by atoms with Gasteiger partial charge in [-0.3, -0.25) is 0 Å². The molecule has 0 atom stereocenters. The third-order valence-corrected chi connectivity index (χ3v) is 3.28. The van der Waals surface area contributed by atoms with Crippen LogP contribution in [0.25, 0.3) is 22.4 Å². The first-order valence-corrected chi connectivity index (χ1v) is 6.49. The summed E-state index contributed by atoms with van der Waals surface area (Å²) in [6.07, 6.45) is 0. The third kappa shape index (κ3) is 1.97. The van der Waals surface area contributed by atoms with Gasteiger partial charge in [-0.15, -0.1) is 0 Å². The summed E-state index contributed by atoms with van der Waals surface area (Å²) in [6.45, 7) is 4.35. The molecular formula is C16H17N3. The zero-order chi connectivity index (χ0) is 13.4. The van der Waals surface area contributed by atoms with Gasteiger partial charge in [-0.25, -0.2) is 4.98 Å². The van der Waals surface area contributed by atoms with Crippen molar-refractivity contribution >= 4 is 16.7 Å². The monoisotopic (exact) mass is 251 g/mol. The van der Waals surface area contributed by atoms with E-state index in [0.717, 1.165) is 22.6 Å². The number of nitrogens with two attached hydrogens (primary N) is 1. The molecule has 0 radical (unpaired) electrons. The van der Waals surface area contributed by atoms with Gasteiger partial charge in [0.1, 0.15) is 5.82 Å². The van der Waals surface area contributed by atoms with E-state index in [9.17, 15) is 0 Å². The molecule has 2 aromatic carbocycles. The summed E-state index contributed by atoms with van der Waals surface area (Å²) in [4.78, 5) is 4.76. The Morgan fingerprint density at radius 3 is 2.37 bits per heavy atom. The van der Waals surface area contributed by atoms with Crippen LogP contribution in [0.5, 0.6) is 0 Å². The van der Waals surface area contributed by atoms with Crippen LogP contribution in [-0.2, 0) is 0 Å². The van der Waals surface area contributed by atoms with Gasteiger partial charge >= 0.3 is 0 Å². The summed E-state index contributed by atoms with van der Waals surface area (Å²) < 4.78 is 2.26. The summed E-state index contributed by atoms with van der Waals surface area (Å²) in [5, 5.41) is 0. The van der Waals surface area contributed by atoms with E-state index in [1.807, 2.05) is 30.3 Å². The molecule has 0 aliphatic rings. The number of anilines is 1. The van der Waals surface area contributed by atoms with Crippen molar-refractivity contribution in [1.82, 2.24) is 9.55 Å². The minimum atomic E-state index is 0.361. The van der Waals surface area contributed by atoms with Crippen molar-refractivity contribution in [1.29, 1.82) is 0 Å². The highest BCUT2D eigenvalue weighted by Gasteiger charge is 2.14. The first-order chi connectivity index (χ1) is 9.16. The lowest BCUT2D eigenvalue weighted by atomic mass is 10.2. The number of fused-ring (bicyclic) bond motifs is 1. The van der Waals surface area contributed by atoms with Gasteiger partial charge in [-0.2, -0.15) is 0 Å². The first kappa shape index (κ1) is 11.8. The molecule has 0 aliphatic carbocycles. The zero-order valence-corrected chi connectivity index (χ0v) is 11.2. The molecule has 0 bridgehead atoms. The van der Waals surface area contributed by atoms with E-state index in [-0.39, 0.29) is 0 Å². The van der Waals surface area contributed by atoms with Crippen molar-refractivity contribution < 1.29 is 0 Å². The van der Waals surface area contributed by atoms with Gasteiger partial charge in [-0.1, -0.05) is 12.1 Å². The molecule has 96 valence electrons. The van der Waals surface area contributed by atoms with Gasteiger partial charge in [0.25, 0.3) is 0 Å². The number of para-hydroxylation sites is 2. The first-order valence-electron chi connectivity index (χ1n) is 6.49. The molecule has 3 heteroatoms. The Labute approximate surface area is 112 Å². The van der Waals surface area contributed by atoms with Crippen LogP contribution in [0.15, 0.2) is 48.5 Å². The Hall–Kier alpha value is -2.29. The molecule has 3 nitrogen and oxygen atoms in total. The predicted molar refractivity (Wildman–Crippen MR) is 80.0 cm³/mol. The molecular weight excluding hydrogens is 234 g/mol. The number of aromatic nitrogens is 2. The topological polar surface area (TPSA) is 43.8 Å². The Morgan fingerprint density at radius 1 is 1.00 bits per heavy atom. The standard InChI is InChI=1S/C16H17N3/c1-11(2)19-15-6-4-3-5-14(15)18-16(19)12-7-9-13(17)10-8-12/h3-11H,17H2,1-2H3. The van der Waals surface area contributed by atoms with E-state index in [4.69, 9.17) is 10.7 Å². The number of hydrogen-bond donors (Lipinski definition) is 1. The zero-order valence-electron chi connectivity index (χ0n) is 11.2. The highest BCUT2D eigenvalue weighted by Crippen LogP contribution is 2.28. The summed E-state index contributed by atoms with van der Waals surface area (Å²) in [5.41, 5.74) is 9.82. The van der Waals surface area contributed by atoms with Crippen molar-refractivity contribution in [3.8, 4) is 11.4 Å². The molecule has 19 heavy (non-hydrogen) atoms. The minimum Gasteiger partial charge on any atom is -0.399 e. The van der Waals surface area contributed by atoms with Gasteiger partial charge < -0.3 is 10.3 Å². The van der Waals surface area contributed by atoms with Crippen molar-refractivity contribution in [3.63, 3.8) is 0 Å². The molecule has 1 heterocycles. The highest BCUT2D eigenvalue weighted by atomic mass is 15.1. The SMILES string of the molecule is CC(C)n1c(-c2ccc(N)cc2)nc2ccccc21. The van der Waals surface area contributed by atoms with Crippen molar-refractivity contribution in [2.45, 2.75) is 19.9 Å². The lowest BCUT2D eigenvalue weighted by molar-refractivity contribution is 0.624. The normalized spacial score (nSPS) is 11.3. The van der Waals surface area contributed by atoms with Gasteiger partial charge in [0, 0.05) is 17.3 Å². The van der Waals surface area contributed by atoms with Crippen LogP contribution in [0.1, 0.15) is 19.9 Å². The second-order valence-electron chi connectivity index (χ2n) is 5.01. The fourth-order valence-electron chi connectivity index (χ4n) is 2.40. The third-order valence-electron chi connectivity index (χ3n) is 3.28. The van der Waals surface area contributed by atoms with E-state index in [1.54, 1.807) is 0 Å². The maximum absolute atomic E-state index is 5.75. The average molecular weight is 251 g/mol. The quantitative estimate of drug-likeness (QED) is 0.703. The molecule has 0 saturated heterocycles. The molecule has 0 fully saturated rings. The summed E-state index contributed by atoms with van der Waals surface area (Å²) in [5.74, 6) is 0.996. The summed E-state index contributed by atoms with van der Waals surface area (Å²) in [6, 6.07) is 16.5. The van der Waals surface area contributed by atoms with E-state index in [0.29, 0.717) is 6.04 Å². The molecule has 0 aliphatic heterocycles. The van der Waals surface area contributed by atoms with Gasteiger partial charge in [-0.05, 0) is 50.2 Å². The van der Waals surface area contributed by atoms with Crippen LogP contribution >= 0.6 is 0 Å². The number of rotatable bonds is 2.